The summed E-state index contributed by atoms with van der Waals surface area (Å²) in [5.74, 6) is 5.97. The highest BCUT2D eigenvalue weighted by atomic mass is 15.3. The first kappa shape index (κ1) is 12.5. The molecule has 4 nitrogen and oxygen atoms in total. The molecular weight excluding hydrogens is 212 g/mol. The molecule has 0 unspecified atom stereocenters. The van der Waals surface area contributed by atoms with Crippen molar-refractivity contribution in [3.63, 3.8) is 0 Å². The average Bonchev–Trinajstić information content (AvgIpc) is 2.41. The smallest absolute Gasteiger partial charge is 0.213 e. The Morgan fingerprint density at radius 1 is 0.824 bits per heavy atom. The highest BCUT2D eigenvalue weighted by Crippen LogP contribution is 2.29. The second kappa shape index (κ2) is 6.12. The summed E-state index contributed by atoms with van der Waals surface area (Å²) in [6, 6.07) is 1.17. The summed E-state index contributed by atoms with van der Waals surface area (Å²) in [6.07, 6.45) is 13.1. The molecule has 0 amide bonds. The fourth-order valence-electron chi connectivity index (χ4n) is 3.46. The van der Waals surface area contributed by atoms with Gasteiger partial charge in [0.15, 0.2) is 0 Å². The van der Waals surface area contributed by atoms with Gasteiger partial charge in [-0.1, -0.05) is 38.5 Å². The Morgan fingerprint density at radius 2 is 1.24 bits per heavy atom. The molecule has 0 atom stereocenters. The summed E-state index contributed by atoms with van der Waals surface area (Å²) in [4.78, 5) is 2.35. The molecule has 0 saturated heterocycles. The van der Waals surface area contributed by atoms with Crippen LogP contribution in [0.2, 0.25) is 0 Å². The predicted octanol–water partition coefficient (Wildman–Crippen LogP) is 2.14. The molecule has 2 fully saturated rings. The zero-order chi connectivity index (χ0) is 12.1. The van der Waals surface area contributed by atoms with E-state index in [1.54, 1.807) is 0 Å². The van der Waals surface area contributed by atoms with Crippen LogP contribution >= 0.6 is 0 Å². The first-order chi connectivity index (χ1) is 8.33. The van der Waals surface area contributed by atoms with E-state index in [1.807, 2.05) is 0 Å². The lowest BCUT2D eigenvalue weighted by atomic mass is 9.89. The average molecular weight is 238 g/mol. The van der Waals surface area contributed by atoms with Gasteiger partial charge in [-0.05, 0) is 25.7 Å². The monoisotopic (exact) mass is 238 g/mol. The molecule has 2 aliphatic carbocycles. The Kier molecular flexibility index (Phi) is 4.51. The van der Waals surface area contributed by atoms with Gasteiger partial charge in [0.25, 0.3) is 0 Å². The maximum absolute atomic E-state index is 6.03. The zero-order valence-corrected chi connectivity index (χ0v) is 10.8. The summed E-state index contributed by atoms with van der Waals surface area (Å²) in [7, 11) is 0. The van der Waals surface area contributed by atoms with Crippen molar-refractivity contribution in [3.05, 3.63) is 0 Å². The molecule has 0 aromatic rings. The Hall–Kier alpha value is -0.930. The third kappa shape index (κ3) is 3.05. The minimum absolute atomic E-state index is 0.559. The van der Waals surface area contributed by atoms with Crippen molar-refractivity contribution >= 4 is 5.96 Å². The van der Waals surface area contributed by atoms with Crippen molar-refractivity contribution in [2.45, 2.75) is 76.3 Å². The van der Waals surface area contributed by atoms with E-state index in [0.717, 1.165) is 0 Å². The Labute approximate surface area is 104 Å². The number of guanidine groups is 1. The molecule has 2 aliphatic rings. The van der Waals surface area contributed by atoms with Crippen LogP contribution < -0.4 is 11.6 Å². The summed E-state index contributed by atoms with van der Waals surface area (Å²) in [5, 5.41) is 3.76. The van der Waals surface area contributed by atoms with E-state index in [4.69, 9.17) is 11.6 Å². The second-order valence-corrected chi connectivity index (χ2v) is 5.48. The quantitative estimate of drug-likeness (QED) is 0.335. The molecule has 98 valence electrons. The highest BCUT2D eigenvalue weighted by molar-refractivity contribution is 5.78. The van der Waals surface area contributed by atoms with Gasteiger partial charge < -0.3 is 16.5 Å². The minimum Gasteiger partial charge on any atom is -0.368 e. The Morgan fingerprint density at radius 3 is 1.59 bits per heavy atom. The van der Waals surface area contributed by atoms with Gasteiger partial charge in [-0.15, -0.1) is 5.10 Å². The lowest BCUT2D eigenvalue weighted by Crippen LogP contribution is -2.52. The molecule has 0 spiro atoms. The van der Waals surface area contributed by atoms with E-state index in [1.165, 1.54) is 64.2 Å². The van der Waals surface area contributed by atoms with Crippen LogP contribution in [0.25, 0.3) is 0 Å². The lowest BCUT2D eigenvalue weighted by Gasteiger charge is -2.42. The van der Waals surface area contributed by atoms with Gasteiger partial charge in [0, 0.05) is 12.1 Å². The fourth-order valence-corrected chi connectivity index (χ4v) is 3.46. The minimum atomic E-state index is 0.559. The molecular formula is C13H26N4. The fraction of sp³-hybridized carbons (Fsp3) is 0.923. The molecule has 0 radical (unpaired) electrons. The molecule has 0 heterocycles. The standard InChI is InChI=1S/C13H26N4/c14-13(16-15)17(11-7-3-1-4-8-11)12-9-5-2-6-10-12/h11-12H,1-10,15H2,(H2,14,16). The molecule has 2 saturated carbocycles. The number of nitrogens with two attached hydrogens (primary N) is 2. The largest absolute Gasteiger partial charge is 0.368 e. The van der Waals surface area contributed by atoms with E-state index >= 15 is 0 Å². The van der Waals surface area contributed by atoms with Gasteiger partial charge >= 0.3 is 0 Å². The SMILES string of the molecule is NN=C(N)N(C1CCCCC1)C1CCCCC1. The van der Waals surface area contributed by atoms with Gasteiger partial charge in [0.05, 0.1) is 0 Å². The predicted molar refractivity (Wildman–Crippen MR) is 71.4 cm³/mol. The number of hydrogen-bond acceptors (Lipinski definition) is 2. The molecule has 0 aliphatic heterocycles. The van der Waals surface area contributed by atoms with Crippen LogP contribution in [0.4, 0.5) is 0 Å². The third-order valence-electron chi connectivity index (χ3n) is 4.33. The molecule has 4 N–H and O–H groups in total. The van der Waals surface area contributed by atoms with Crippen molar-refractivity contribution in [1.29, 1.82) is 0 Å². The topological polar surface area (TPSA) is 67.6 Å². The normalized spacial score (nSPS) is 24.8. The van der Waals surface area contributed by atoms with E-state index in [0.29, 0.717) is 18.0 Å². The second-order valence-electron chi connectivity index (χ2n) is 5.48. The summed E-state index contributed by atoms with van der Waals surface area (Å²) >= 11 is 0. The lowest BCUT2D eigenvalue weighted by molar-refractivity contribution is 0.155. The molecule has 2 rings (SSSR count). The van der Waals surface area contributed by atoms with Crippen molar-refractivity contribution in [2.75, 3.05) is 0 Å². The van der Waals surface area contributed by atoms with E-state index in [2.05, 4.69) is 10.0 Å². The van der Waals surface area contributed by atoms with Gasteiger partial charge in [-0.3, -0.25) is 0 Å². The third-order valence-corrected chi connectivity index (χ3v) is 4.33. The number of rotatable bonds is 2. The van der Waals surface area contributed by atoms with Crippen LogP contribution in [0.1, 0.15) is 64.2 Å². The Balaban J connectivity index is 2.05. The van der Waals surface area contributed by atoms with Crippen LogP contribution in [0.15, 0.2) is 5.10 Å². The maximum atomic E-state index is 6.03. The first-order valence-corrected chi connectivity index (χ1v) is 7.14. The van der Waals surface area contributed by atoms with Gasteiger partial charge in [0.2, 0.25) is 5.96 Å². The van der Waals surface area contributed by atoms with Crippen molar-refractivity contribution in [2.24, 2.45) is 16.7 Å². The van der Waals surface area contributed by atoms with E-state index < -0.39 is 0 Å². The van der Waals surface area contributed by atoms with E-state index in [9.17, 15) is 0 Å². The molecule has 0 bridgehead atoms. The first-order valence-electron chi connectivity index (χ1n) is 7.14. The van der Waals surface area contributed by atoms with E-state index in [-0.39, 0.29) is 0 Å². The van der Waals surface area contributed by atoms with Crippen LogP contribution in [-0.2, 0) is 0 Å². The van der Waals surface area contributed by atoms with Crippen molar-refractivity contribution in [3.8, 4) is 0 Å². The van der Waals surface area contributed by atoms with Crippen molar-refractivity contribution in [1.82, 2.24) is 4.90 Å². The van der Waals surface area contributed by atoms with Crippen LogP contribution in [0.5, 0.6) is 0 Å². The summed E-state index contributed by atoms with van der Waals surface area (Å²) < 4.78 is 0. The van der Waals surface area contributed by atoms with Crippen molar-refractivity contribution < 1.29 is 0 Å². The van der Waals surface area contributed by atoms with Crippen LogP contribution in [0, 0.1) is 0 Å². The molecule has 0 aromatic heterocycles. The highest BCUT2D eigenvalue weighted by Gasteiger charge is 2.30. The number of hydrogen-bond donors (Lipinski definition) is 2. The summed E-state index contributed by atoms with van der Waals surface area (Å²) in [5.41, 5.74) is 6.03. The number of nitrogens with zero attached hydrogens (tertiary/aromatic N) is 2. The molecule has 17 heavy (non-hydrogen) atoms. The maximum Gasteiger partial charge on any atom is 0.213 e. The summed E-state index contributed by atoms with van der Waals surface area (Å²) in [6.45, 7) is 0. The zero-order valence-electron chi connectivity index (χ0n) is 10.8. The van der Waals surface area contributed by atoms with Crippen LogP contribution in [-0.4, -0.2) is 22.9 Å². The van der Waals surface area contributed by atoms with Gasteiger partial charge in [-0.2, -0.15) is 0 Å². The van der Waals surface area contributed by atoms with Crippen LogP contribution in [0.3, 0.4) is 0 Å². The van der Waals surface area contributed by atoms with Gasteiger partial charge in [-0.25, -0.2) is 0 Å². The Bertz CT molecular complexity index is 234. The molecule has 0 aromatic carbocycles. The number of hydrazone groups is 1. The molecule has 4 heteroatoms. The van der Waals surface area contributed by atoms with Gasteiger partial charge in [0.1, 0.15) is 0 Å².